The van der Waals surface area contributed by atoms with Gasteiger partial charge in [0, 0.05) is 18.3 Å². The van der Waals surface area contributed by atoms with E-state index in [4.69, 9.17) is 0 Å². The normalized spacial score (nSPS) is 21.7. The number of benzene rings is 1. The van der Waals surface area contributed by atoms with Crippen LogP contribution >= 0.6 is 0 Å². The molecule has 3 rings (SSSR count). The molecule has 0 unspecified atom stereocenters. The Bertz CT molecular complexity index is 590. The van der Waals surface area contributed by atoms with Crippen molar-refractivity contribution >= 4 is 6.03 Å². The molecular formula is C17H22N4O. The molecule has 2 amide bonds. The Morgan fingerprint density at radius 2 is 2.14 bits per heavy atom. The van der Waals surface area contributed by atoms with Gasteiger partial charge in [0.2, 0.25) is 0 Å². The highest BCUT2D eigenvalue weighted by atomic mass is 16.2. The number of nitrogens with zero attached hydrogens (tertiary/aromatic N) is 1. The number of carbonyl (C=O) groups is 1. The van der Waals surface area contributed by atoms with Crippen LogP contribution < -0.4 is 10.6 Å². The summed E-state index contributed by atoms with van der Waals surface area (Å²) in [7, 11) is 0. The van der Waals surface area contributed by atoms with E-state index in [1.54, 1.807) is 12.4 Å². The first-order valence-electron chi connectivity index (χ1n) is 7.80. The van der Waals surface area contributed by atoms with E-state index in [-0.39, 0.29) is 12.1 Å². The number of carbonyl (C=O) groups excluding carboxylic acids is 1. The number of aromatic amines is 1. The first kappa shape index (κ1) is 14.6. The minimum atomic E-state index is -0.114. The zero-order valence-electron chi connectivity index (χ0n) is 12.8. The third-order valence-electron chi connectivity index (χ3n) is 4.42. The second kappa shape index (κ2) is 6.64. The van der Waals surface area contributed by atoms with Crippen molar-refractivity contribution in [2.75, 3.05) is 6.54 Å². The van der Waals surface area contributed by atoms with E-state index in [1.807, 2.05) is 13.0 Å². The Morgan fingerprint density at radius 3 is 2.82 bits per heavy atom. The van der Waals surface area contributed by atoms with Crippen LogP contribution in [-0.4, -0.2) is 22.8 Å². The minimum absolute atomic E-state index is 0.0443. The van der Waals surface area contributed by atoms with Gasteiger partial charge in [-0.1, -0.05) is 30.3 Å². The molecule has 1 atom stereocenters. The molecule has 0 bridgehead atoms. The average Bonchev–Trinajstić information content (AvgIpc) is 3.01. The Labute approximate surface area is 130 Å². The molecule has 1 heterocycles. The van der Waals surface area contributed by atoms with Gasteiger partial charge in [-0.2, -0.15) is 5.10 Å². The van der Waals surface area contributed by atoms with Gasteiger partial charge < -0.3 is 10.6 Å². The van der Waals surface area contributed by atoms with Crippen molar-refractivity contribution in [1.82, 2.24) is 20.8 Å². The molecule has 1 fully saturated rings. The molecule has 1 aliphatic carbocycles. The van der Waals surface area contributed by atoms with Gasteiger partial charge in [-0.15, -0.1) is 0 Å². The maximum absolute atomic E-state index is 11.9. The molecule has 0 aliphatic heterocycles. The molecule has 2 aromatic rings. The van der Waals surface area contributed by atoms with Gasteiger partial charge in [0.25, 0.3) is 0 Å². The van der Waals surface area contributed by atoms with Gasteiger partial charge in [-0.05, 0) is 37.2 Å². The number of amides is 2. The third-order valence-corrected chi connectivity index (χ3v) is 4.42. The second-order valence-corrected chi connectivity index (χ2v) is 6.05. The highest BCUT2D eigenvalue weighted by molar-refractivity contribution is 5.74. The molecule has 1 aromatic carbocycles. The lowest BCUT2D eigenvalue weighted by atomic mass is 9.71. The molecule has 116 valence electrons. The van der Waals surface area contributed by atoms with E-state index in [0.717, 1.165) is 24.9 Å². The van der Waals surface area contributed by atoms with E-state index in [2.05, 4.69) is 45.1 Å². The van der Waals surface area contributed by atoms with Gasteiger partial charge in [0.05, 0.1) is 12.2 Å². The van der Waals surface area contributed by atoms with Crippen LogP contribution in [0.1, 0.15) is 42.9 Å². The van der Waals surface area contributed by atoms with Gasteiger partial charge in [-0.3, -0.25) is 5.10 Å². The maximum Gasteiger partial charge on any atom is 0.315 e. The fraction of sp³-hybridized carbons (Fsp3) is 0.412. The quantitative estimate of drug-likeness (QED) is 0.794. The Kier molecular flexibility index (Phi) is 4.42. The molecule has 22 heavy (non-hydrogen) atoms. The van der Waals surface area contributed by atoms with Crippen LogP contribution in [0.4, 0.5) is 4.79 Å². The van der Waals surface area contributed by atoms with Gasteiger partial charge in [-0.25, -0.2) is 4.79 Å². The van der Waals surface area contributed by atoms with Crippen molar-refractivity contribution in [3.05, 3.63) is 53.9 Å². The van der Waals surface area contributed by atoms with Crippen molar-refractivity contribution in [3.8, 4) is 0 Å². The number of urea groups is 1. The maximum atomic E-state index is 11.9. The summed E-state index contributed by atoms with van der Waals surface area (Å²) in [5, 5.41) is 12.5. The van der Waals surface area contributed by atoms with Crippen molar-refractivity contribution in [2.45, 2.75) is 31.7 Å². The SMILES string of the molecule is C[C@H](NC(=O)NCC1CC(c2ccccc2)C1)c1cn[nH]c1. The lowest BCUT2D eigenvalue weighted by Crippen LogP contribution is -2.41. The zero-order chi connectivity index (χ0) is 15.4. The van der Waals surface area contributed by atoms with Gasteiger partial charge >= 0.3 is 6.03 Å². The summed E-state index contributed by atoms with van der Waals surface area (Å²) in [6.07, 6.45) is 5.83. The predicted molar refractivity (Wildman–Crippen MR) is 85.4 cm³/mol. The van der Waals surface area contributed by atoms with Crippen LogP contribution in [0, 0.1) is 5.92 Å². The molecule has 0 spiro atoms. The van der Waals surface area contributed by atoms with Crippen LogP contribution in [0.25, 0.3) is 0 Å². The lowest BCUT2D eigenvalue weighted by molar-refractivity contribution is 0.222. The zero-order valence-corrected chi connectivity index (χ0v) is 12.8. The number of hydrogen-bond donors (Lipinski definition) is 3. The van der Waals surface area contributed by atoms with E-state index in [9.17, 15) is 4.79 Å². The molecule has 0 saturated heterocycles. The molecule has 1 saturated carbocycles. The number of H-pyrrole nitrogens is 1. The second-order valence-electron chi connectivity index (χ2n) is 6.05. The van der Waals surface area contributed by atoms with Gasteiger partial charge in [0.15, 0.2) is 0 Å². The van der Waals surface area contributed by atoms with Crippen molar-refractivity contribution in [1.29, 1.82) is 0 Å². The molecule has 5 nitrogen and oxygen atoms in total. The summed E-state index contributed by atoms with van der Waals surface area (Å²) < 4.78 is 0. The molecule has 0 radical (unpaired) electrons. The van der Waals surface area contributed by atoms with Crippen LogP contribution in [0.5, 0.6) is 0 Å². The van der Waals surface area contributed by atoms with Crippen LogP contribution in [-0.2, 0) is 0 Å². The molecular weight excluding hydrogens is 276 g/mol. The van der Waals surface area contributed by atoms with Crippen molar-refractivity contribution in [3.63, 3.8) is 0 Å². The number of nitrogens with one attached hydrogen (secondary N) is 3. The fourth-order valence-corrected chi connectivity index (χ4v) is 2.97. The molecule has 1 aromatic heterocycles. The summed E-state index contributed by atoms with van der Waals surface area (Å²) >= 11 is 0. The predicted octanol–water partition coefficient (Wildman–Crippen LogP) is 2.96. The standard InChI is InChI=1S/C17H22N4O/c1-12(16-10-19-20-11-16)21-17(22)18-9-13-7-15(8-13)14-5-3-2-4-6-14/h2-6,10-13,15H,7-9H2,1H3,(H,19,20)(H2,18,21,22)/t12-,13?,15?/m0/s1. The van der Waals surface area contributed by atoms with Crippen LogP contribution in [0.15, 0.2) is 42.7 Å². The molecule has 5 heteroatoms. The molecule has 3 N–H and O–H groups in total. The number of aromatic nitrogens is 2. The third kappa shape index (κ3) is 3.47. The van der Waals surface area contributed by atoms with Crippen molar-refractivity contribution in [2.24, 2.45) is 5.92 Å². The molecule has 1 aliphatic rings. The van der Waals surface area contributed by atoms with E-state index < -0.39 is 0 Å². The minimum Gasteiger partial charge on any atom is -0.338 e. The topological polar surface area (TPSA) is 69.8 Å². The highest BCUT2D eigenvalue weighted by Crippen LogP contribution is 2.40. The van der Waals surface area contributed by atoms with Crippen LogP contribution in [0.2, 0.25) is 0 Å². The smallest absolute Gasteiger partial charge is 0.315 e. The summed E-state index contributed by atoms with van der Waals surface area (Å²) in [6, 6.07) is 10.4. The summed E-state index contributed by atoms with van der Waals surface area (Å²) in [6.45, 7) is 2.69. The monoisotopic (exact) mass is 298 g/mol. The first-order chi connectivity index (χ1) is 10.7. The Morgan fingerprint density at radius 1 is 1.36 bits per heavy atom. The summed E-state index contributed by atoms with van der Waals surface area (Å²) in [5.74, 6) is 1.24. The number of rotatable bonds is 5. The van der Waals surface area contributed by atoms with E-state index >= 15 is 0 Å². The number of hydrogen-bond acceptors (Lipinski definition) is 2. The highest BCUT2D eigenvalue weighted by Gasteiger charge is 2.30. The van der Waals surface area contributed by atoms with Crippen molar-refractivity contribution < 1.29 is 4.79 Å². The van der Waals surface area contributed by atoms with Gasteiger partial charge in [0.1, 0.15) is 0 Å². The summed E-state index contributed by atoms with van der Waals surface area (Å²) in [4.78, 5) is 11.9. The fourth-order valence-electron chi connectivity index (χ4n) is 2.97. The van der Waals surface area contributed by atoms with E-state index in [0.29, 0.717) is 11.8 Å². The average molecular weight is 298 g/mol. The van der Waals surface area contributed by atoms with Crippen LogP contribution in [0.3, 0.4) is 0 Å². The van der Waals surface area contributed by atoms with E-state index in [1.165, 1.54) is 5.56 Å². The summed E-state index contributed by atoms with van der Waals surface area (Å²) in [5.41, 5.74) is 2.39. The first-order valence-corrected chi connectivity index (χ1v) is 7.80. The Balaban J connectivity index is 1.36. The Hall–Kier alpha value is -2.30. The largest absolute Gasteiger partial charge is 0.338 e. The lowest BCUT2D eigenvalue weighted by Gasteiger charge is -2.35.